The highest BCUT2D eigenvalue weighted by Crippen LogP contribution is 2.00. The van der Waals surface area contributed by atoms with E-state index in [4.69, 9.17) is 5.41 Å². The lowest BCUT2D eigenvalue weighted by atomic mass is 10.2. The summed E-state index contributed by atoms with van der Waals surface area (Å²) in [4.78, 5) is 0. The largest absolute Gasteiger partial charge is 0.306 e. The predicted octanol–water partition coefficient (Wildman–Crippen LogP) is 1.12. The molecule has 0 amide bonds. The van der Waals surface area contributed by atoms with E-state index in [1.54, 1.807) is 18.3 Å². The second kappa shape index (κ2) is 2.87. The summed E-state index contributed by atoms with van der Waals surface area (Å²) in [6.45, 7) is 3.57. The molecule has 0 unspecified atom stereocenters. The molecule has 0 aliphatic rings. The lowest BCUT2D eigenvalue weighted by Gasteiger charge is -1.93. The van der Waals surface area contributed by atoms with Gasteiger partial charge in [0.15, 0.2) is 0 Å². The molecule has 0 aromatic carbocycles. The SMILES string of the molecule is C=Cc1ccnnc1C=N. The van der Waals surface area contributed by atoms with Crippen LogP contribution in [0.25, 0.3) is 6.08 Å². The van der Waals surface area contributed by atoms with Crippen LogP contribution in [-0.2, 0) is 0 Å². The fourth-order valence-corrected chi connectivity index (χ4v) is 0.637. The zero-order chi connectivity index (χ0) is 7.40. The van der Waals surface area contributed by atoms with Crippen LogP contribution in [0.4, 0.5) is 0 Å². The maximum atomic E-state index is 6.91. The molecule has 3 nitrogen and oxygen atoms in total. The number of aromatic nitrogens is 2. The van der Waals surface area contributed by atoms with Gasteiger partial charge in [-0.05, 0) is 6.07 Å². The highest BCUT2D eigenvalue weighted by atomic mass is 15.1. The second-order valence-corrected chi connectivity index (χ2v) is 1.72. The van der Waals surface area contributed by atoms with Crippen molar-refractivity contribution in [1.29, 1.82) is 5.41 Å². The minimum Gasteiger partial charge on any atom is -0.306 e. The van der Waals surface area contributed by atoms with E-state index in [9.17, 15) is 0 Å². The van der Waals surface area contributed by atoms with Gasteiger partial charge in [-0.15, -0.1) is 5.10 Å². The number of hydrogen-bond donors (Lipinski definition) is 1. The van der Waals surface area contributed by atoms with Crippen molar-refractivity contribution in [1.82, 2.24) is 10.2 Å². The Morgan fingerprint density at radius 3 is 2.90 bits per heavy atom. The molecule has 0 saturated carbocycles. The van der Waals surface area contributed by atoms with Crippen molar-refractivity contribution in [3.8, 4) is 0 Å². The molecule has 0 saturated heterocycles. The summed E-state index contributed by atoms with van der Waals surface area (Å²) in [5, 5.41) is 14.2. The van der Waals surface area contributed by atoms with E-state index in [0.29, 0.717) is 5.69 Å². The molecule has 0 aliphatic heterocycles. The number of hydrogen-bond acceptors (Lipinski definition) is 3. The summed E-state index contributed by atoms with van der Waals surface area (Å²) in [6.07, 6.45) is 4.38. The summed E-state index contributed by atoms with van der Waals surface area (Å²) in [7, 11) is 0. The molecule has 0 radical (unpaired) electrons. The molecule has 1 heterocycles. The van der Waals surface area contributed by atoms with Gasteiger partial charge in [0.1, 0.15) is 5.69 Å². The van der Waals surface area contributed by atoms with E-state index < -0.39 is 0 Å². The van der Waals surface area contributed by atoms with Crippen LogP contribution in [0, 0.1) is 5.41 Å². The predicted molar refractivity (Wildman–Crippen MR) is 40.0 cm³/mol. The zero-order valence-corrected chi connectivity index (χ0v) is 5.41. The van der Waals surface area contributed by atoms with Crippen molar-refractivity contribution in [2.45, 2.75) is 0 Å². The molecule has 0 atom stereocenters. The van der Waals surface area contributed by atoms with Gasteiger partial charge in [-0.25, -0.2) is 0 Å². The van der Waals surface area contributed by atoms with Crippen molar-refractivity contribution in [2.24, 2.45) is 0 Å². The maximum Gasteiger partial charge on any atom is 0.110 e. The lowest BCUT2D eigenvalue weighted by molar-refractivity contribution is 1.02. The highest BCUT2D eigenvalue weighted by molar-refractivity contribution is 5.79. The van der Waals surface area contributed by atoms with Crippen molar-refractivity contribution in [2.75, 3.05) is 0 Å². The summed E-state index contributed by atoms with van der Waals surface area (Å²) in [5.41, 5.74) is 1.39. The van der Waals surface area contributed by atoms with Gasteiger partial charge >= 0.3 is 0 Å². The fourth-order valence-electron chi connectivity index (χ4n) is 0.637. The average Bonchev–Trinajstić information content (AvgIpc) is 2.04. The van der Waals surface area contributed by atoms with Gasteiger partial charge < -0.3 is 5.41 Å². The van der Waals surface area contributed by atoms with Crippen LogP contribution in [0.1, 0.15) is 11.3 Å². The Labute approximate surface area is 58.9 Å². The van der Waals surface area contributed by atoms with Gasteiger partial charge in [0.05, 0.1) is 6.20 Å². The normalized spacial score (nSPS) is 8.80. The quantitative estimate of drug-likeness (QED) is 0.614. The highest BCUT2D eigenvalue weighted by Gasteiger charge is 1.93. The van der Waals surface area contributed by atoms with E-state index in [1.807, 2.05) is 0 Å². The zero-order valence-electron chi connectivity index (χ0n) is 5.41. The first-order chi connectivity index (χ1) is 4.88. The molecule has 1 rings (SSSR count). The second-order valence-electron chi connectivity index (χ2n) is 1.72. The lowest BCUT2D eigenvalue weighted by Crippen LogP contribution is -1.92. The van der Waals surface area contributed by atoms with Crippen LogP contribution in [0.15, 0.2) is 18.8 Å². The minimum atomic E-state index is 0.553. The van der Waals surface area contributed by atoms with Crippen LogP contribution < -0.4 is 0 Å². The molecule has 3 heteroatoms. The third-order valence-corrected chi connectivity index (χ3v) is 1.14. The Bertz CT molecular complexity index is 228. The fraction of sp³-hybridized carbons (Fsp3) is 0. The van der Waals surface area contributed by atoms with Crippen LogP contribution in [0.5, 0.6) is 0 Å². The van der Waals surface area contributed by atoms with Crippen molar-refractivity contribution >= 4 is 12.3 Å². The minimum absolute atomic E-state index is 0.553. The molecule has 1 aromatic heterocycles. The first-order valence-corrected chi connectivity index (χ1v) is 2.83. The monoisotopic (exact) mass is 133 g/mol. The Kier molecular flexibility index (Phi) is 1.89. The molecule has 1 N–H and O–H groups in total. The van der Waals surface area contributed by atoms with Crippen molar-refractivity contribution in [3.63, 3.8) is 0 Å². The van der Waals surface area contributed by atoms with Gasteiger partial charge in [0.2, 0.25) is 0 Å². The average molecular weight is 133 g/mol. The van der Waals surface area contributed by atoms with Crippen LogP contribution >= 0.6 is 0 Å². The number of nitrogens with zero attached hydrogens (tertiary/aromatic N) is 2. The summed E-state index contributed by atoms with van der Waals surface area (Å²) in [6, 6.07) is 1.76. The van der Waals surface area contributed by atoms with E-state index in [-0.39, 0.29) is 0 Å². The molecule has 0 fully saturated rings. The van der Waals surface area contributed by atoms with E-state index in [2.05, 4.69) is 16.8 Å². The molecule has 1 aromatic rings. The molecule has 0 aliphatic carbocycles. The maximum absolute atomic E-state index is 6.91. The van der Waals surface area contributed by atoms with Gasteiger partial charge in [0.25, 0.3) is 0 Å². The van der Waals surface area contributed by atoms with E-state index in [0.717, 1.165) is 11.8 Å². The van der Waals surface area contributed by atoms with E-state index >= 15 is 0 Å². The molecule has 50 valence electrons. The topological polar surface area (TPSA) is 49.6 Å². The van der Waals surface area contributed by atoms with Crippen molar-refractivity contribution in [3.05, 3.63) is 30.1 Å². The Hall–Kier alpha value is -1.51. The Balaban J connectivity index is 3.20. The van der Waals surface area contributed by atoms with Gasteiger partial charge in [-0.2, -0.15) is 5.10 Å². The van der Waals surface area contributed by atoms with Gasteiger partial charge in [-0.3, -0.25) is 0 Å². The number of rotatable bonds is 2. The summed E-state index contributed by atoms with van der Waals surface area (Å²) < 4.78 is 0. The molecule has 10 heavy (non-hydrogen) atoms. The summed E-state index contributed by atoms with van der Waals surface area (Å²) in [5.74, 6) is 0. The summed E-state index contributed by atoms with van der Waals surface area (Å²) >= 11 is 0. The van der Waals surface area contributed by atoms with E-state index in [1.165, 1.54) is 0 Å². The van der Waals surface area contributed by atoms with Crippen LogP contribution in [0.2, 0.25) is 0 Å². The first kappa shape index (κ1) is 6.61. The van der Waals surface area contributed by atoms with Gasteiger partial charge in [0, 0.05) is 11.8 Å². The molecular weight excluding hydrogens is 126 g/mol. The molecule has 0 bridgehead atoms. The molecule has 0 spiro atoms. The first-order valence-electron chi connectivity index (χ1n) is 2.83. The van der Waals surface area contributed by atoms with Crippen LogP contribution in [0.3, 0.4) is 0 Å². The number of nitrogens with one attached hydrogen (secondary N) is 1. The van der Waals surface area contributed by atoms with Crippen molar-refractivity contribution < 1.29 is 0 Å². The third kappa shape index (κ3) is 1.07. The standard InChI is InChI=1S/C7H7N3/c1-2-6-3-4-9-10-7(6)5-8/h2-5,8H,1H2. The Morgan fingerprint density at radius 1 is 1.60 bits per heavy atom. The third-order valence-electron chi connectivity index (χ3n) is 1.14. The smallest absolute Gasteiger partial charge is 0.110 e. The van der Waals surface area contributed by atoms with Crippen LogP contribution in [-0.4, -0.2) is 16.4 Å². The molecular formula is C7H7N3. The Morgan fingerprint density at radius 2 is 2.40 bits per heavy atom. The van der Waals surface area contributed by atoms with Gasteiger partial charge in [-0.1, -0.05) is 12.7 Å².